The maximum Gasteiger partial charge on any atom is 0.339 e. The molecule has 1 heterocycles. The van der Waals surface area contributed by atoms with Gasteiger partial charge in [-0.05, 0) is 61.0 Å². The van der Waals surface area contributed by atoms with E-state index < -0.39 is 11.9 Å². The lowest BCUT2D eigenvalue weighted by Crippen LogP contribution is -2.09. The number of furan rings is 1. The molecule has 0 saturated carbocycles. The van der Waals surface area contributed by atoms with E-state index >= 15 is 0 Å². The number of aryl methyl sites for hydroxylation is 1. The second kappa shape index (κ2) is 8.43. The van der Waals surface area contributed by atoms with Gasteiger partial charge in [0.25, 0.3) is 0 Å². The fourth-order valence-electron chi connectivity index (χ4n) is 2.65. The van der Waals surface area contributed by atoms with Gasteiger partial charge in [0.2, 0.25) is 5.91 Å². The Morgan fingerprint density at radius 3 is 2.41 bits per heavy atom. The molecule has 8 heteroatoms. The Balaban J connectivity index is 1.73. The number of anilines is 1. The highest BCUT2D eigenvalue weighted by Gasteiger charge is 2.14. The monoisotopic (exact) mass is 431 g/mol. The second-order valence-corrected chi connectivity index (χ2v) is 7.05. The Bertz CT molecular complexity index is 1110. The van der Waals surface area contributed by atoms with Gasteiger partial charge in [0.15, 0.2) is 0 Å². The molecule has 0 bridgehead atoms. The van der Waals surface area contributed by atoms with Crippen molar-refractivity contribution in [3.05, 3.63) is 75.5 Å². The Morgan fingerprint density at radius 1 is 1.07 bits per heavy atom. The van der Waals surface area contributed by atoms with Crippen LogP contribution in [0.15, 0.2) is 53.0 Å². The molecule has 1 amide bonds. The van der Waals surface area contributed by atoms with Crippen molar-refractivity contribution in [1.82, 2.24) is 0 Å². The summed E-state index contributed by atoms with van der Waals surface area (Å²) in [6.45, 7) is 1.54. The van der Waals surface area contributed by atoms with Crippen molar-refractivity contribution in [2.75, 3.05) is 5.32 Å². The highest BCUT2D eigenvalue weighted by Crippen LogP contribution is 2.29. The fraction of sp³-hybridized carbons (Fsp3) is 0.0476. The van der Waals surface area contributed by atoms with E-state index in [1.165, 1.54) is 24.3 Å². The van der Waals surface area contributed by atoms with Gasteiger partial charge in [-0.2, -0.15) is 0 Å². The molecule has 29 heavy (non-hydrogen) atoms. The van der Waals surface area contributed by atoms with E-state index in [-0.39, 0.29) is 17.0 Å². The van der Waals surface area contributed by atoms with Crippen LogP contribution in [0.2, 0.25) is 10.0 Å². The van der Waals surface area contributed by atoms with Crippen molar-refractivity contribution in [2.45, 2.75) is 6.92 Å². The van der Waals surface area contributed by atoms with Crippen molar-refractivity contribution in [2.24, 2.45) is 0 Å². The fourth-order valence-corrected chi connectivity index (χ4v) is 3.18. The normalized spacial score (nSPS) is 11.0. The molecule has 6 nitrogen and oxygen atoms in total. The van der Waals surface area contributed by atoms with E-state index in [4.69, 9.17) is 32.7 Å². The van der Waals surface area contributed by atoms with Crippen molar-refractivity contribution in [3.8, 4) is 17.1 Å². The van der Waals surface area contributed by atoms with Crippen LogP contribution in [0, 0.1) is 6.92 Å². The van der Waals surface area contributed by atoms with Crippen LogP contribution >= 0.6 is 23.2 Å². The maximum absolute atomic E-state index is 12.1. The largest absolute Gasteiger partial charge is 0.507 e. The molecule has 3 N–H and O–H groups in total. The second-order valence-electron chi connectivity index (χ2n) is 6.18. The Hall–Kier alpha value is -3.22. The first-order chi connectivity index (χ1) is 13.7. The van der Waals surface area contributed by atoms with E-state index in [2.05, 4.69) is 5.32 Å². The molecule has 0 radical (unpaired) electrons. The summed E-state index contributed by atoms with van der Waals surface area (Å²) in [4.78, 5) is 23.3. The van der Waals surface area contributed by atoms with Crippen LogP contribution in [0.5, 0.6) is 5.75 Å². The molecule has 0 aliphatic heterocycles. The number of carbonyl (C=O) groups is 2. The molecule has 3 rings (SSSR count). The Labute approximate surface area is 176 Å². The van der Waals surface area contributed by atoms with Crippen molar-refractivity contribution >= 4 is 46.8 Å². The van der Waals surface area contributed by atoms with E-state index in [1.807, 2.05) is 0 Å². The number of benzene rings is 2. The molecular weight excluding hydrogens is 417 g/mol. The minimum atomic E-state index is -1.29. The Morgan fingerprint density at radius 2 is 1.76 bits per heavy atom. The third-order valence-electron chi connectivity index (χ3n) is 3.97. The Kier molecular flexibility index (Phi) is 5.96. The predicted octanol–water partition coefficient (Wildman–Crippen LogP) is 5.62. The highest BCUT2D eigenvalue weighted by atomic mass is 35.5. The summed E-state index contributed by atoms with van der Waals surface area (Å²) in [6.07, 6.45) is 2.71. The lowest BCUT2D eigenvalue weighted by Gasteiger charge is -2.08. The first-order valence-corrected chi connectivity index (χ1v) is 9.11. The van der Waals surface area contributed by atoms with Gasteiger partial charge in [0, 0.05) is 27.4 Å². The summed E-state index contributed by atoms with van der Waals surface area (Å²) < 4.78 is 5.67. The van der Waals surface area contributed by atoms with Crippen molar-refractivity contribution in [3.63, 3.8) is 0 Å². The summed E-state index contributed by atoms with van der Waals surface area (Å²) >= 11 is 12.0. The minimum Gasteiger partial charge on any atom is -0.507 e. The van der Waals surface area contributed by atoms with Gasteiger partial charge in [0.1, 0.15) is 22.8 Å². The number of hydrogen-bond donors (Lipinski definition) is 3. The number of rotatable bonds is 5. The molecule has 0 saturated heterocycles. The van der Waals surface area contributed by atoms with Gasteiger partial charge < -0.3 is 19.9 Å². The topological polar surface area (TPSA) is 99.8 Å². The SMILES string of the molecule is Cc1cc(NC(=O)/C=C/c2ccc(-c3cc(Cl)cc(Cl)c3)o2)cc(C(=O)O)c1O. The number of hydrogen-bond acceptors (Lipinski definition) is 4. The van der Waals surface area contributed by atoms with Gasteiger partial charge in [-0.3, -0.25) is 4.79 Å². The number of nitrogens with one attached hydrogen (secondary N) is 1. The summed E-state index contributed by atoms with van der Waals surface area (Å²) in [5.41, 5.74) is 0.994. The van der Waals surface area contributed by atoms with Crippen LogP contribution in [0.25, 0.3) is 17.4 Å². The number of aromatic carboxylic acids is 1. The van der Waals surface area contributed by atoms with Crippen LogP contribution in [-0.4, -0.2) is 22.1 Å². The van der Waals surface area contributed by atoms with Crippen molar-refractivity contribution in [1.29, 1.82) is 0 Å². The van der Waals surface area contributed by atoms with E-state index in [1.54, 1.807) is 37.3 Å². The summed E-state index contributed by atoms with van der Waals surface area (Å²) in [5.74, 6) is -1.15. The van der Waals surface area contributed by atoms with Crippen LogP contribution in [0.3, 0.4) is 0 Å². The van der Waals surface area contributed by atoms with E-state index in [0.29, 0.717) is 32.7 Å². The first kappa shape index (κ1) is 20.5. The van der Waals surface area contributed by atoms with Crippen LogP contribution < -0.4 is 5.32 Å². The molecule has 0 unspecified atom stereocenters. The summed E-state index contributed by atoms with van der Waals surface area (Å²) in [7, 11) is 0. The average Bonchev–Trinajstić information content (AvgIpc) is 3.11. The van der Waals surface area contributed by atoms with Gasteiger partial charge >= 0.3 is 5.97 Å². The number of amides is 1. The standard InChI is InChI=1S/C21H15Cl2NO5/c1-11-6-15(10-17(20(11)26)21(27)28)24-19(25)5-3-16-2-4-18(29-16)12-7-13(22)9-14(23)8-12/h2-10,26H,1H3,(H,24,25)(H,27,28)/b5-3+. The van der Waals surface area contributed by atoms with E-state index in [9.17, 15) is 14.7 Å². The molecule has 3 aromatic rings. The molecule has 0 fully saturated rings. The molecule has 0 atom stereocenters. The zero-order valence-electron chi connectivity index (χ0n) is 15.1. The van der Waals surface area contributed by atoms with Crippen LogP contribution in [-0.2, 0) is 4.79 Å². The molecule has 0 aliphatic rings. The molecular formula is C21H15Cl2NO5. The number of aromatic hydroxyl groups is 1. The highest BCUT2D eigenvalue weighted by molar-refractivity contribution is 6.35. The van der Waals surface area contributed by atoms with Crippen LogP contribution in [0.1, 0.15) is 21.7 Å². The zero-order chi connectivity index (χ0) is 21.1. The van der Waals surface area contributed by atoms with Gasteiger partial charge in [0.05, 0.1) is 0 Å². The number of carboxylic acids is 1. The third kappa shape index (κ3) is 4.99. The number of halogens is 2. The quantitative estimate of drug-likeness (QED) is 0.359. The smallest absolute Gasteiger partial charge is 0.339 e. The lowest BCUT2D eigenvalue weighted by molar-refractivity contribution is -0.111. The first-order valence-electron chi connectivity index (χ1n) is 8.35. The maximum atomic E-state index is 12.1. The van der Waals surface area contributed by atoms with E-state index in [0.717, 1.165) is 0 Å². The number of phenols is 1. The zero-order valence-corrected chi connectivity index (χ0v) is 16.6. The van der Waals surface area contributed by atoms with Crippen molar-refractivity contribution < 1.29 is 24.2 Å². The predicted molar refractivity (Wildman–Crippen MR) is 112 cm³/mol. The van der Waals surface area contributed by atoms with Gasteiger partial charge in [-0.25, -0.2) is 4.79 Å². The molecule has 148 valence electrons. The third-order valence-corrected chi connectivity index (χ3v) is 4.41. The van der Waals surface area contributed by atoms with Gasteiger partial charge in [-0.1, -0.05) is 23.2 Å². The molecule has 0 aliphatic carbocycles. The number of carbonyl (C=O) groups excluding carboxylic acids is 1. The summed E-state index contributed by atoms with van der Waals surface area (Å²) in [6, 6.07) is 11.1. The number of carboxylic acid groups (broad SMARTS) is 1. The summed E-state index contributed by atoms with van der Waals surface area (Å²) in [5, 5.41) is 22.4. The lowest BCUT2D eigenvalue weighted by atomic mass is 10.1. The average molecular weight is 432 g/mol. The molecule has 0 spiro atoms. The molecule has 1 aromatic heterocycles. The van der Waals surface area contributed by atoms with Gasteiger partial charge in [-0.15, -0.1) is 0 Å². The minimum absolute atomic E-state index is 0.251. The molecule has 2 aromatic carbocycles. The van der Waals surface area contributed by atoms with Crippen LogP contribution in [0.4, 0.5) is 5.69 Å².